The second kappa shape index (κ2) is 13.6. The molecule has 0 spiro atoms. The van der Waals surface area contributed by atoms with Gasteiger partial charge >= 0.3 is 0 Å². The summed E-state index contributed by atoms with van der Waals surface area (Å²) in [6.07, 6.45) is 2.35. The second-order valence-electron chi connectivity index (χ2n) is 8.52. The van der Waals surface area contributed by atoms with Crippen LogP contribution >= 0.6 is 0 Å². The maximum absolute atomic E-state index is 5.41. The maximum Gasteiger partial charge on any atom is 0.191 e. The molecule has 3 rings (SSSR count). The number of hydrogen-bond donors (Lipinski definition) is 2. The van der Waals surface area contributed by atoms with Gasteiger partial charge in [-0.15, -0.1) is 0 Å². The predicted octanol–water partition coefficient (Wildman–Crippen LogP) is 1.78. The third-order valence-corrected chi connectivity index (χ3v) is 6.06. The number of nitrogens with zero attached hydrogens (tertiary/aromatic N) is 4. The molecule has 0 radical (unpaired) electrons. The van der Waals surface area contributed by atoms with E-state index in [2.05, 4.69) is 63.4 Å². The molecule has 174 valence electrons. The first-order valence-corrected chi connectivity index (χ1v) is 12.1. The highest BCUT2D eigenvalue weighted by atomic mass is 16.5. The number of nitrogens with one attached hydrogen (secondary N) is 2. The van der Waals surface area contributed by atoms with Gasteiger partial charge in [0.05, 0.1) is 13.2 Å². The van der Waals surface area contributed by atoms with E-state index in [0.717, 1.165) is 91.0 Å². The van der Waals surface area contributed by atoms with Gasteiger partial charge in [-0.1, -0.05) is 12.1 Å². The Labute approximate surface area is 188 Å². The average Bonchev–Trinajstić information content (AvgIpc) is 2.80. The quantitative estimate of drug-likeness (QED) is 0.335. The van der Waals surface area contributed by atoms with Gasteiger partial charge in [0, 0.05) is 71.1 Å². The fourth-order valence-corrected chi connectivity index (χ4v) is 4.19. The van der Waals surface area contributed by atoms with E-state index < -0.39 is 0 Å². The number of ether oxygens (including phenoxy) is 1. The van der Waals surface area contributed by atoms with Crippen LogP contribution in [-0.2, 0) is 4.74 Å². The second-order valence-corrected chi connectivity index (χ2v) is 8.52. The Hall–Kier alpha value is -1.83. The number of anilines is 1. The van der Waals surface area contributed by atoms with Crippen molar-refractivity contribution in [3.05, 3.63) is 29.8 Å². The average molecular weight is 431 g/mol. The Morgan fingerprint density at radius 2 is 1.74 bits per heavy atom. The number of hydrogen-bond acceptors (Lipinski definition) is 5. The number of guanidine groups is 1. The van der Waals surface area contributed by atoms with Crippen molar-refractivity contribution in [3.8, 4) is 0 Å². The third-order valence-electron chi connectivity index (χ3n) is 6.06. The number of piperazine rings is 1. The van der Waals surface area contributed by atoms with Crippen molar-refractivity contribution in [1.82, 2.24) is 20.4 Å². The zero-order valence-corrected chi connectivity index (χ0v) is 19.6. The largest absolute Gasteiger partial charge is 0.379 e. The number of aliphatic imine (C=N–C) groups is 1. The zero-order chi connectivity index (χ0) is 21.7. The molecule has 0 bridgehead atoms. The molecule has 7 nitrogen and oxygen atoms in total. The zero-order valence-electron chi connectivity index (χ0n) is 19.6. The summed E-state index contributed by atoms with van der Waals surface area (Å²) in [6.45, 7) is 17.6. The van der Waals surface area contributed by atoms with Crippen molar-refractivity contribution >= 4 is 11.6 Å². The van der Waals surface area contributed by atoms with Crippen molar-refractivity contribution in [2.45, 2.75) is 26.7 Å². The van der Waals surface area contributed by atoms with E-state index in [1.807, 2.05) is 0 Å². The monoisotopic (exact) mass is 430 g/mol. The number of unbranched alkanes of at least 4 members (excludes halogenated alkanes) is 1. The topological polar surface area (TPSA) is 55.4 Å². The normalized spacial score (nSPS) is 18.9. The smallest absolute Gasteiger partial charge is 0.191 e. The lowest BCUT2D eigenvalue weighted by Crippen LogP contribution is -2.46. The van der Waals surface area contributed by atoms with Gasteiger partial charge in [-0.25, -0.2) is 0 Å². The van der Waals surface area contributed by atoms with Gasteiger partial charge in [-0.2, -0.15) is 0 Å². The number of benzene rings is 1. The van der Waals surface area contributed by atoms with Crippen LogP contribution in [-0.4, -0.2) is 101 Å². The van der Waals surface area contributed by atoms with Crippen LogP contribution in [0.3, 0.4) is 0 Å². The molecule has 2 aliphatic heterocycles. The summed E-state index contributed by atoms with van der Waals surface area (Å²) in [7, 11) is 0. The summed E-state index contributed by atoms with van der Waals surface area (Å²) in [4.78, 5) is 12.3. The van der Waals surface area contributed by atoms with Gasteiger partial charge in [-0.05, 0) is 50.9 Å². The fraction of sp³-hybridized carbons (Fsp3) is 0.708. The molecule has 0 saturated carbocycles. The minimum Gasteiger partial charge on any atom is -0.379 e. The molecular weight excluding hydrogens is 388 g/mol. The van der Waals surface area contributed by atoms with Crippen LogP contribution in [0.2, 0.25) is 0 Å². The molecular formula is C24H42N6O. The van der Waals surface area contributed by atoms with Crippen molar-refractivity contribution in [3.63, 3.8) is 0 Å². The summed E-state index contributed by atoms with van der Waals surface area (Å²) < 4.78 is 5.41. The molecule has 0 aromatic heterocycles. The minimum absolute atomic E-state index is 0.856. The van der Waals surface area contributed by atoms with E-state index >= 15 is 0 Å². The Morgan fingerprint density at radius 1 is 0.968 bits per heavy atom. The van der Waals surface area contributed by atoms with Crippen LogP contribution in [0.1, 0.15) is 25.3 Å². The Balaban J connectivity index is 1.27. The van der Waals surface area contributed by atoms with Gasteiger partial charge in [0.25, 0.3) is 0 Å². The van der Waals surface area contributed by atoms with E-state index in [1.165, 1.54) is 24.2 Å². The van der Waals surface area contributed by atoms with Crippen LogP contribution in [0.5, 0.6) is 0 Å². The Morgan fingerprint density at radius 3 is 2.48 bits per heavy atom. The first-order valence-electron chi connectivity index (χ1n) is 12.1. The number of aryl methyl sites for hydroxylation is 1. The highest BCUT2D eigenvalue weighted by Crippen LogP contribution is 2.17. The summed E-state index contributed by atoms with van der Waals surface area (Å²) in [5, 5.41) is 6.84. The molecule has 0 unspecified atom stereocenters. The first kappa shape index (κ1) is 23.8. The Bertz CT molecular complexity index is 653. The van der Waals surface area contributed by atoms with Gasteiger partial charge in [0.1, 0.15) is 0 Å². The van der Waals surface area contributed by atoms with Crippen molar-refractivity contribution in [2.75, 3.05) is 90.1 Å². The lowest BCUT2D eigenvalue weighted by Gasteiger charge is -2.36. The molecule has 0 aliphatic carbocycles. The molecule has 0 amide bonds. The summed E-state index contributed by atoms with van der Waals surface area (Å²) >= 11 is 0. The van der Waals surface area contributed by atoms with Crippen LogP contribution in [0, 0.1) is 6.92 Å². The van der Waals surface area contributed by atoms with E-state index in [0.29, 0.717) is 0 Å². The van der Waals surface area contributed by atoms with E-state index in [1.54, 1.807) is 0 Å². The highest BCUT2D eigenvalue weighted by Gasteiger charge is 2.16. The molecule has 7 heteroatoms. The molecule has 2 heterocycles. The minimum atomic E-state index is 0.856. The lowest BCUT2D eigenvalue weighted by atomic mass is 10.2. The lowest BCUT2D eigenvalue weighted by molar-refractivity contribution is 0.0389. The van der Waals surface area contributed by atoms with Crippen LogP contribution in [0.25, 0.3) is 0 Å². The molecule has 0 atom stereocenters. The summed E-state index contributed by atoms with van der Waals surface area (Å²) in [5.41, 5.74) is 2.71. The van der Waals surface area contributed by atoms with E-state index in [4.69, 9.17) is 9.73 Å². The predicted molar refractivity (Wildman–Crippen MR) is 130 cm³/mol. The van der Waals surface area contributed by atoms with Crippen molar-refractivity contribution in [1.29, 1.82) is 0 Å². The molecule has 2 fully saturated rings. The first-order chi connectivity index (χ1) is 15.2. The van der Waals surface area contributed by atoms with Gasteiger partial charge < -0.3 is 20.3 Å². The van der Waals surface area contributed by atoms with Crippen molar-refractivity contribution in [2.24, 2.45) is 4.99 Å². The molecule has 2 N–H and O–H groups in total. The number of rotatable bonds is 10. The number of morpholine rings is 1. The standard InChI is InChI=1S/C24H42N6O/c1-3-25-24(27-10-12-29-17-19-31-20-18-29)26-9-4-5-11-28-13-15-30(16-14-28)23-8-6-7-22(2)21-23/h6-8,21H,3-5,9-20H2,1-2H3,(H2,25,26,27). The van der Waals surface area contributed by atoms with E-state index in [9.17, 15) is 0 Å². The molecule has 1 aromatic carbocycles. The molecule has 31 heavy (non-hydrogen) atoms. The van der Waals surface area contributed by atoms with Gasteiger partial charge in [0.2, 0.25) is 0 Å². The SMILES string of the molecule is CCNC(=NCCCCN1CCN(c2cccc(C)c2)CC1)NCCN1CCOCC1. The Kier molecular flexibility index (Phi) is 10.4. The highest BCUT2D eigenvalue weighted by molar-refractivity contribution is 5.79. The fourth-order valence-electron chi connectivity index (χ4n) is 4.19. The van der Waals surface area contributed by atoms with Gasteiger partial charge in [0.15, 0.2) is 5.96 Å². The van der Waals surface area contributed by atoms with Crippen molar-refractivity contribution < 1.29 is 4.74 Å². The van der Waals surface area contributed by atoms with Crippen LogP contribution < -0.4 is 15.5 Å². The van der Waals surface area contributed by atoms with Crippen LogP contribution in [0.4, 0.5) is 5.69 Å². The molecule has 2 aliphatic rings. The van der Waals surface area contributed by atoms with E-state index in [-0.39, 0.29) is 0 Å². The van der Waals surface area contributed by atoms with Crippen LogP contribution in [0.15, 0.2) is 29.3 Å². The summed E-state index contributed by atoms with van der Waals surface area (Å²) in [6, 6.07) is 8.86. The summed E-state index contributed by atoms with van der Waals surface area (Å²) in [5.74, 6) is 0.947. The third kappa shape index (κ3) is 8.67. The molecule has 2 saturated heterocycles. The maximum atomic E-state index is 5.41. The molecule has 1 aromatic rings. The van der Waals surface area contributed by atoms with Gasteiger partial charge in [-0.3, -0.25) is 14.8 Å².